The highest BCUT2D eigenvalue weighted by Crippen LogP contribution is 2.13. The topological polar surface area (TPSA) is 93.1 Å². The van der Waals surface area contributed by atoms with Crippen LogP contribution in [0.3, 0.4) is 0 Å². The van der Waals surface area contributed by atoms with Crippen molar-refractivity contribution in [3.63, 3.8) is 0 Å². The quantitative estimate of drug-likeness (QED) is 0.643. The molecule has 7 nitrogen and oxygen atoms in total. The van der Waals surface area contributed by atoms with Gasteiger partial charge in [0, 0.05) is 45.0 Å². The van der Waals surface area contributed by atoms with Gasteiger partial charge in [-0.05, 0) is 30.5 Å². The van der Waals surface area contributed by atoms with Gasteiger partial charge in [-0.1, -0.05) is 30.3 Å². The van der Waals surface area contributed by atoms with Crippen molar-refractivity contribution in [2.45, 2.75) is 25.4 Å². The lowest BCUT2D eigenvalue weighted by Gasteiger charge is -2.32. The van der Waals surface area contributed by atoms with Crippen LogP contribution in [0.4, 0.5) is 10.6 Å². The highest BCUT2D eigenvalue weighted by atomic mass is 16.2. The fourth-order valence-corrected chi connectivity index (χ4v) is 3.31. The van der Waals surface area contributed by atoms with Crippen LogP contribution < -0.4 is 16.0 Å². The van der Waals surface area contributed by atoms with Crippen molar-refractivity contribution in [3.8, 4) is 6.07 Å². The third kappa shape index (κ3) is 5.96. The third-order valence-electron chi connectivity index (χ3n) is 4.80. The van der Waals surface area contributed by atoms with E-state index in [-0.39, 0.29) is 12.1 Å². The molecule has 2 heterocycles. The number of aromatic nitrogens is 1. The standard InChI is InChI=1S/C21H26N6O/c22-15-18-7-4-10-23-20(18)24-11-12-25-21(28)26-19-8-13-27(14-9-19)16-17-5-2-1-3-6-17/h1-7,10,19H,8-9,11-14,16H2,(H,23,24)(H2,25,26,28). The molecule has 0 bridgehead atoms. The summed E-state index contributed by atoms with van der Waals surface area (Å²) in [6, 6.07) is 16.0. The molecule has 1 aromatic carbocycles. The van der Waals surface area contributed by atoms with E-state index in [1.807, 2.05) is 6.07 Å². The maximum atomic E-state index is 12.1. The summed E-state index contributed by atoms with van der Waals surface area (Å²) in [6.45, 7) is 3.90. The Labute approximate surface area is 165 Å². The van der Waals surface area contributed by atoms with Crippen LogP contribution in [-0.4, -0.2) is 48.1 Å². The van der Waals surface area contributed by atoms with E-state index in [1.54, 1.807) is 18.3 Å². The number of carbonyl (C=O) groups is 1. The zero-order valence-corrected chi connectivity index (χ0v) is 15.9. The Balaban J connectivity index is 1.31. The summed E-state index contributed by atoms with van der Waals surface area (Å²) in [6.07, 6.45) is 3.55. The van der Waals surface area contributed by atoms with Gasteiger partial charge in [-0.15, -0.1) is 0 Å². The van der Waals surface area contributed by atoms with Gasteiger partial charge in [-0.3, -0.25) is 4.90 Å². The minimum atomic E-state index is -0.148. The zero-order chi connectivity index (χ0) is 19.6. The number of urea groups is 1. The number of likely N-dealkylation sites (tertiary alicyclic amines) is 1. The first kappa shape index (κ1) is 19.6. The molecular weight excluding hydrogens is 352 g/mol. The maximum absolute atomic E-state index is 12.1. The first-order chi connectivity index (χ1) is 13.7. The molecule has 1 aromatic heterocycles. The number of nitrogens with one attached hydrogen (secondary N) is 3. The fraction of sp³-hybridized carbons (Fsp3) is 0.381. The normalized spacial score (nSPS) is 14.8. The van der Waals surface area contributed by atoms with Crippen LogP contribution in [-0.2, 0) is 6.54 Å². The number of hydrogen-bond acceptors (Lipinski definition) is 5. The van der Waals surface area contributed by atoms with Crippen LogP contribution in [0.5, 0.6) is 0 Å². The number of nitrogens with zero attached hydrogens (tertiary/aromatic N) is 3. The highest BCUT2D eigenvalue weighted by molar-refractivity contribution is 5.74. The number of benzene rings is 1. The molecule has 3 rings (SSSR count). The molecule has 2 amide bonds. The first-order valence-corrected chi connectivity index (χ1v) is 9.64. The molecule has 146 valence electrons. The van der Waals surface area contributed by atoms with Crippen molar-refractivity contribution in [1.82, 2.24) is 20.5 Å². The van der Waals surface area contributed by atoms with Gasteiger partial charge >= 0.3 is 6.03 Å². The Morgan fingerprint density at radius 2 is 1.93 bits per heavy atom. The number of piperidine rings is 1. The summed E-state index contributed by atoms with van der Waals surface area (Å²) in [4.78, 5) is 18.6. The van der Waals surface area contributed by atoms with E-state index in [2.05, 4.69) is 56.2 Å². The van der Waals surface area contributed by atoms with Crippen molar-refractivity contribution < 1.29 is 4.79 Å². The van der Waals surface area contributed by atoms with Gasteiger partial charge in [0.05, 0.1) is 5.56 Å². The summed E-state index contributed by atoms with van der Waals surface area (Å²) in [5.74, 6) is 0.540. The lowest BCUT2D eigenvalue weighted by molar-refractivity contribution is 0.187. The third-order valence-corrected chi connectivity index (χ3v) is 4.80. The van der Waals surface area contributed by atoms with Crippen molar-refractivity contribution in [3.05, 3.63) is 59.8 Å². The number of amides is 2. The van der Waals surface area contributed by atoms with E-state index in [0.29, 0.717) is 24.5 Å². The molecule has 0 saturated carbocycles. The van der Waals surface area contributed by atoms with Crippen LogP contribution in [0.1, 0.15) is 24.0 Å². The summed E-state index contributed by atoms with van der Waals surface area (Å²) >= 11 is 0. The molecule has 1 aliphatic heterocycles. The smallest absolute Gasteiger partial charge is 0.315 e. The van der Waals surface area contributed by atoms with Crippen molar-refractivity contribution in [2.24, 2.45) is 0 Å². The molecule has 1 saturated heterocycles. The van der Waals surface area contributed by atoms with E-state index in [4.69, 9.17) is 5.26 Å². The number of hydrogen-bond donors (Lipinski definition) is 3. The lowest BCUT2D eigenvalue weighted by atomic mass is 10.0. The zero-order valence-electron chi connectivity index (χ0n) is 15.9. The molecule has 3 N–H and O–H groups in total. The number of carbonyl (C=O) groups excluding carboxylic acids is 1. The van der Waals surface area contributed by atoms with Crippen molar-refractivity contribution in [2.75, 3.05) is 31.5 Å². The predicted octanol–water partition coefficient (Wildman–Crippen LogP) is 2.33. The second-order valence-corrected chi connectivity index (χ2v) is 6.87. The molecule has 0 atom stereocenters. The van der Waals surface area contributed by atoms with Gasteiger partial charge in [0.1, 0.15) is 11.9 Å². The minimum absolute atomic E-state index is 0.148. The number of anilines is 1. The molecule has 1 fully saturated rings. The summed E-state index contributed by atoms with van der Waals surface area (Å²) in [5, 5.41) is 18.0. The lowest BCUT2D eigenvalue weighted by Crippen LogP contribution is -2.48. The second-order valence-electron chi connectivity index (χ2n) is 6.87. The van der Waals surface area contributed by atoms with Crippen molar-refractivity contribution >= 4 is 11.8 Å². The van der Waals surface area contributed by atoms with Gasteiger partial charge in [-0.2, -0.15) is 5.26 Å². The predicted molar refractivity (Wildman–Crippen MR) is 109 cm³/mol. The minimum Gasteiger partial charge on any atom is -0.367 e. The largest absolute Gasteiger partial charge is 0.367 e. The fourth-order valence-electron chi connectivity index (χ4n) is 3.31. The van der Waals surface area contributed by atoms with Gasteiger partial charge in [-0.25, -0.2) is 9.78 Å². The molecule has 7 heteroatoms. The van der Waals surface area contributed by atoms with E-state index in [1.165, 1.54) is 5.56 Å². The molecule has 0 radical (unpaired) electrons. The summed E-state index contributed by atoms with van der Waals surface area (Å²) in [7, 11) is 0. The van der Waals surface area contributed by atoms with Gasteiger partial charge < -0.3 is 16.0 Å². The Kier molecular flexibility index (Phi) is 7.21. The number of rotatable bonds is 7. The summed E-state index contributed by atoms with van der Waals surface area (Å²) < 4.78 is 0. The molecule has 0 spiro atoms. The molecular formula is C21H26N6O. The highest BCUT2D eigenvalue weighted by Gasteiger charge is 2.20. The monoisotopic (exact) mass is 378 g/mol. The second kappa shape index (κ2) is 10.3. The number of nitriles is 1. The van der Waals surface area contributed by atoms with Crippen LogP contribution in [0, 0.1) is 11.3 Å². The van der Waals surface area contributed by atoms with Gasteiger partial charge in [0.2, 0.25) is 0 Å². The Morgan fingerprint density at radius 1 is 1.14 bits per heavy atom. The van der Waals surface area contributed by atoms with Gasteiger partial charge in [0.25, 0.3) is 0 Å². The molecule has 0 unspecified atom stereocenters. The van der Waals surface area contributed by atoms with E-state index in [0.717, 1.165) is 32.5 Å². The Bertz CT molecular complexity index is 796. The van der Waals surface area contributed by atoms with E-state index >= 15 is 0 Å². The van der Waals surface area contributed by atoms with Crippen LogP contribution in [0.2, 0.25) is 0 Å². The molecule has 0 aliphatic carbocycles. The maximum Gasteiger partial charge on any atom is 0.315 e. The SMILES string of the molecule is N#Cc1cccnc1NCCNC(=O)NC1CCN(Cc2ccccc2)CC1. The summed E-state index contributed by atoms with van der Waals surface area (Å²) in [5.41, 5.74) is 1.82. The van der Waals surface area contributed by atoms with Crippen LogP contribution in [0.15, 0.2) is 48.7 Å². The average molecular weight is 378 g/mol. The molecule has 28 heavy (non-hydrogen) atoms. The van der Waals surface area contributed by atoms with Gasteiger partial charge in [0.15, 0.2) is 0 Å². The average Bonchev–Trinajstić information content (AvgIpc) is 2.74. The van der Waals surface area contributed by atoms with E-state index in [9.17, 15) is 4.79 Å². The Hall–Kier alpha value is -3.11. The van der Waals surface area contributed by atoms with E-state index < -0.39 is 0 Å². The Morgan fingerprint density at radius 3 is 2.68 bits per heavy atom. The number of pyridine rings is 1. The molecule has 2 aromatic rings. The molecule has 1 aliphatic rings. The van der Waals surface area contributed by atoms with Crippen molar-refractivity contribution in [1.29, 1.82) is 5.26 Å². The van der Waals surface area contributed by atoms with Crippen LogP contribution >= 0.6 is 0 Å². The van der Waals surface area contributed by atoms with Crippen LogP contribution in [0.25, 0.3) is 0 Å². The first-order valence-electron chi connectivity index (χ1n) is 9.64.